The Morgan fingerprint density at radius 1 is 0.925 bits per heavy atom. The van der Waals surface area contributed by atoms with Crippen LogP contribution in [0, 0.1) is 6.92 Å². The first-order valence-electron chi connectivity index (χ1n) is 10.9. The number of benzene rings is 1. The molecule has 0 saturated carbocycles. The number of nitrogens with one attached hydrogen (secondary N) is 2. The second-order valence-corrected chi connectivity index (χ2v) is 8.67. The molecule has 0 aliphatic carbocycles. The maximum Gasteiger partial charge on any atom is 0.490 e. The molecule has 4 aromatic rings. The summed E-state index contributed by atoms with van der Waals surface area (Å²) in [7, 11) is 0. The molecule has 0 radical (unpaired) electrons. The van der Waals surface area contributed by atoms with Crippen molar-refractivity contribution in [3.63, 3.8) is 0 Å². The standard InChI is InChI=1S/C21H16Cl2F3N7.C2HF3O2/c1-11-4-5-27-18(30-11)10-28-19-15-3-2-12(21(24,25)26)6-16(15)32-20(33-19)29-9-14-7-13(22)8-17(23)31-14;3-2(4,5)1(6)7/h2-8H,9-10H2,1H3,(H2,28,29,32,33);(H,6,7). The lowest BCUT2D eigenvalue weighted by atomic mass is 10.1. The van der Waals surface area contributed by atoms with Crippen molar-refractivity contribution < 1.29 is 36.2 Å². The Balaban J connectivity index is 0.000000559. The first-order chi connectivity index (χ1) is 18.6. The molecular formula is C23H17Cl2F6N7O2. The van der Waals surface area contributed by atoms with Gasteiger partial charge in [0.2, 0.25) is 5.95 Å². The average Bonchev–Trinajstić information content (AvgIpc) is 2.84. The molecule has 0 spiro atoms. The van der Waals surface area contributed by atoms with Crippen molar-refractivity contribution in [1.29, 1.82) is 0 Å². The SMILES string of the molecule is Cc1ccnc(CNc2nc(NCc3cc(Cl)cc(Cl)n3)nc3cc(C(F)(F)F)ccc23)n1.O=C(O)C(F)(F)F. The van der Waals surface area contributed by atoms with E-state index >= 15 is 0 Å². The van der Waals surface area contributed by atoms with Gasteiger partial charge in [0.15, 0.2) is 0 Å². The highest BCUT2D eigenvalue weighted by molar-refractivity contribution is 6.33. The molecule has 4 rings (SSSR count). The summed E-state index contributed by atoms with van der Waals surface area (Å²) in [5.74, 6) is -1.81. The van der Waals surface area contributed by atoms with Crippen LogP contribution in [0.2, 0.25) is 10.2 Å². The maximum atomic E-state index is 13.2. The van der Waals surface area contributed by atoms with Gasteiger partial charge in [-0.2, -0.15) is 31.3 Å². The highest BCUT2D eigenvalue weighted by Gasteiger charge is 2.38. The van der Waals surface area contributed by atoms with Gasteiger partial charge in [-0.15, -0.1) is 0 Å². The van der Waals surface area contributed by atoms with Crippen LogP contribution in [0.4, 0.5) is 38.1 Å². The lowest BCUT2D eigenvalue weighted by molar-refractivity contribution is -0.192. The lowest BCUT2D eigenvalue weighted by Crippen LogP contribution is -2.21. The molecule has 17 heteroatoms. The molecule has 1 aromatic carbocycles. The number of aliphatic carboxylic acids is 1. The number of rotatable bonds is 6. The van der Waals surface area contributed by atoms with Crippen LogP contribution in [-0.2, 0) is 24.1 Å². The van der Waals surface area contributed by atoms with E-state index in [2.05, 4.69) is 35.6 Å². The summed E-state index contributed by atoms with van der Waals surface area (Å²) in [6, 6.07) is 8.17. The van der Waals surface area contributed by atoms with Gasteiger partial charge in [-0.1, -0.05) is 23.2 Å². The zero-order chi connectivity index (χ0) is 29.7. The summed E-state index contributed by atoms with van der Waals surface area (Å²) < 4.78 is 71.5. The third kappa shape index (κ3) is 8.77. The number of aryl methyl sites for hydroxylation is 1. The minimum atomic E-state index is -5.08. The topological polar surface area (TPSA) is 126 Å². The molecule has 0 aliphatic rings. The van der Waals surface area contributed by atoms with Crippen molar-refractivity contribution in [1.82, 2.24) is 24.9 Å². The molecule has 40 heavy (non-hydrogen) atoms. The van der Waals surface area contributed by atoms with Crippen molar-refractivity contribution in [2.24, 2.45) is 0 Å². The van der Waals surface area contributed by atoms with E-state index in [1.807, 2.05) is 6.92 Å². The molecule has 0 amide bonds. The minimum absolute atomic E-state index is 0.104. The van der Waals surface area contributed by atoms with Crippen molar-refractivity contribution in [2.45, 2.75) is 32.4 Å². The number of aromatic nitrogens is 5. The summed E-state index contributed by atoms with van der Waals surface area (Å²) in [6.07, 6.45) is -7.96. The third-order valence-electron chi connectivity index (χ3n) is 4.76. The summed E-state index contributed by atoms with van der Waals surface area (Å²) in [6.45, 7) is 2.22. The Bertz CT molecular complexity index is 1500. The lowest BCUT2D eigenvalue weighted by Gasteiger charge is -2.13. The Kier molecular flexibility index (Phi) is 9.52. The molecule has 0 fully saturated rings. The van der Waals surface area contributed by atoms with E-state index in [0.29, 0.717) is 27.7 Å². The fraction of sp³-hybridized carbons (Fsp3) is 0.217. The molecule has 212 valence electrons. The van der Waals surface area contributed by atoms with Crippen LogP contribution >= 0.6 is 23.2 Å². The van der Waals surface area contributed by atoms with Gasteiger partial charge in [-0.3, -0.25) is 0 Å². The number of carbonyl (C=O) groups is 1. The highest BCUT2D eigenvalue weighted by Crippen LogP contribution is 2.33. The zero-order valence-electron chi connectivity index (χ0n) is 20.1. The number of nitrogens with zero attached hydrogens (tertiary/aromatic N) is 5. The van der Waals surface area contributed by atoms with Crippen LogP contribution in [-0.4, -0.2) is 42.2 Å². The largest absolute Gasteiger partial charge is 0.490 e. The van der Waals surface area contributed by atoms with Crippen LogP contribution in [0.25, 0.3) is 10.9 Å². The first-order valence-corrected chi connectivity index (χ1v) is 11.6. The van der Waals surface area contributed by atoms with Crippen molar-refractivity contribution in [2.75, 3.05) is 10.6 Å². The van der Waals surface area contributed by atoms with Gasteiger partial charge in [-0.25, -0.2) is 24.7 Å². The first kappa shape index (κ1) is 30.6. The van der Waals surface area contributed by atoms with Gasteiger partial charge in [0, 0.05) is 22.3 Å². The number of hydrogen-bond donors (Lipinski definition) is 3. The van der Waals surface area contributed by atoms with E-state index in [1.165, 1.54) is 12.1 Å². The molecule has 0 bridgehead atoms. The molecule has 0 unspecified atom stereocenters. The Hall–Kier alpha value is -3.98. The second-order valence-electron chi connectivity index (χ2n) is 7.85. The van der Waals surface area contributed by atoms with Crippen LogP contribution in [0.1, 0.15) is 22.8 Å². The number of anilines is 2. The molecular weight excluding hydrogens is 591 g/mol. The molecule has 0 saturated heterocycles. The number of carboxylic acid groups (broad SMARTS) is 1. The summed E-state index contributed by atoms with van der Waals surface area (Å²) >= 11 is 11.9. The molecule has 3 aromatic heterocycles. The summed E-state index contributed by atoms with van der Waals surface area (Å²) in [5.41, 5.74) is 0.616. The van der Waals surface area contributed by atoms with Crippen LogP contribution < -0.4 is 10.6 Å². The number of alkyl halides is 6. The molecule has 0 atom stereocenters. The van der Waals surface area contributed by atoms with Crippen LogP contribution in [0.15, 0.2) is 42.6 Å². The third-order valence-corrected chi connectivity index (χ3v) is 5.18. The Morgan fingerprint density at radius 3 is 2.23 bits per heavy atom. The average molecular weight is 608 g/mol. The van der Waals surface area contributed by atoms with E-state index in [0.717, 1.165) is 17.8 Å². The molecule has 3 heterocycles. The number of hydrogen-bond acceptors (Lipinski definition) is 8. The summed E-state index contributed by atoms with van der Waals surface area (Å²) in [5, 5.41) is 14.2. The smallest absolute Gasteiger partial charge is 0.475 e. The predicted octanol–water partition coefficient (Wildman–Crippen LogP) is 6.31. The van der Waals surface area contributed by atoms with E-state index in [9.17, 15) is 26.3 Å². The fourth-order valence-electron chi connectivity index (χ4n) is 3.05. The van der Waals surface area contributed by atoms with Gasteiger partial charge in [0.1, 0.15) is 16.8 Å². The number of pyridine rings is 1. The van der Waals surface area contributed by atoms with E-state index in [4.69, 9.17) is 33.1 Å². The van der Waals surface area contributed by atoms with Crippen LogP contribution in [0.3, 0.4) is 0 Å². The molecule has 0 aliphatic heterocycles. The van der Waals surface area contributed by atoms with Gasteiger partial charge >= 0.3 is 18.3 Å². The number of carboxylic acids is 1. The van der Waals surface area contributed by atoms with Gasteiger partial charge in [0.25, 0.3) is 0 Å². The molecule has 9 nitrogen and oxygen atoms in total. The van der Waals surface area contributed by atoms with Crippen molar-refractivity contribution in [3.05, 3.63) is 75.5 Å². The number of halogens is 8. The van der Waals surface area contributed by atoms with Gasteiger partial charge in [-0.05, 0) is 43.3 Å². The van der Waals surface area contributed by atoms with E-state index in [-0.39, 0.29) is 29.7 Å². The quantitative estimate of drug-likeness (QED) is 0.171. The normalized spacial score (nSPS) is 11.5. The Morgan fingerprint density at radius 2 is 1.62 bits per heavy atom. The summed E-state index contributed by atoms with van der Waals surface area (Å²) in [4.78, 5) is 30.2. The predicted molar refractivity (Wildman–Crippen MR) is 134 cm³/mol. The number of fused-ring (bicyclic) bond motifs is 1. The van der Waals surface area contributed by atoms with Gasteiger partial charge in [0.05, 0.1) is 29.9 Å². The van der Waals surface area contributed by atoms with Gasteiger partial charge < -0.3 is 15.7 Å². The van der Waals surface area contributed by atoms with E-state index < -0.39 is 23.9 Å². The van der Waals surface area contributed by atoms with Crippen LogP contribution in [0.5, 0.6) is 0 Å². The second kappa shape index (κ2) is 12.5. The fourth-order valence-corrected chi connectivity index (χ4v) is 3.56. The van der Waals surface area contributed by atoms with E-state index in [1.54, 1.807) is 18.3 Å². The highest BCUT2D eigenvalue weighted by atomic mass is 35.5. The Labute approximate surface area is 231 Å². The monoisotopic (exact) mass is 607 g/mol. The maximum absolute atomic E-state index is 13.2. The van der Waals surface area contributed by atoms with Crippen molar-refractivity contribution in [3.8, 4) is 0 Å². The zero-order valence-corrected chi connectivity index (χ0v) is 21.6. The minimum Gasteiger partial charge on any atom is -0.475 e. The van der Waals surface area contributed by atoms with Crippen molar-refractivity contribution >= 4 is 51.8 Å². The molecule has 3 N–H and O–H groups in total.